The molecule has 2 atom stereocenters. The molecule has 6 heteroatoms. The van der Waals surface area contributed by atoms with Crippen LogP contribution in [0.25, 0.3) is 27.6 Å². The molecule has 8 rings (SSSR count). The molecular weight excluding hydrogens is 677 g/mol. The maximum Gasteiger partial charge on any atom is 2.00 e. The molecule has 2 aromatic heterocycles. The summed E-state index contributed by atoms with van der Waals surface area (Å²) in [7, 11) is 0. The number of benzene rings is 4. The van der Waals surface area contributed by atoms with Gasteiger partial charge in [0.25, 0.3) is 0 Å². The van der Waals surface area contributed by atoms with E-state index in [1.165, 1.54) is 11.1 Å². The fraction of sp³-hybridized carbons (Fsp3) is 0.118. The molecule has 0 spiro atoms. The second kappa shape index (κ2) is 9.46. The van der Waals surface area contributed by atoms with Gasteiger partial charge in [-0.1, -0.05) is 65.7 Å². The number of fused-ring (bicyclic) bond motifs is 6. The molecule has 40 heavy (non-hydrogen) atoms. The van der Waals surface area contributed by atoms with Gasteiger partial charge >= 0.3 is 21.1 Å². The first-order valence-electron chi connectivity index (χ1n) is 13.1. The molecule has 0 amide bonds. The summed E-state index contributed by atoms with van der Waals surface area (Å²) >= 11 is 0. The van der Waals surface area contributed by atoms with Gasteiger partial charge in [-0.05, 0) is 48.1 Å². The molecule has 0 N–H and O–H groups in total. The van der Waals surface area contributed by atoms with Crippen molar-refractivity contribution in [2.75, 3.05) is 0 Å². The maximum atomic E-state index is 6.49. The number of hydrogen-bond acceptors (Lipinski definition) is 4. The zero-order chi connectivity index (χ0) is 26.0. The van der Waals surface area contributed by atoms with Gasteiger partial charge in [0, 0.05) is 23.2 Å². The van der Waals surface area contributed by atoms with Crippen molar-refractivity contribution in [1.29, 1.82) is 0 Å². The molecule has 0 fully saturated rings. The Labute approximate surface area is 246 Å². The van der Waals surface area contributed by atoms with Crippen LogP contribution in [0, 0.1) is 12.1 Å². The minimum absolute atomic E-state index is 0. The van der Waals surface area contributed by atoms with E-state index in [1.54, 1.807) is 6.20 Å². The first-order valence-corrected chi connectivity index (χ1v) is 13.1. The third kappa shape index (κ3) is 3.80. The molecule has 2 aliphatic rings. The molecule has 5 nitrogen and oxygen atoms in total. The van der Waals surface area contributed by atoms with Crippen molar-refractivity contribution in [2.45, 2.75) is 25.0 Å². The molecule has 0 saturated heterocycles. The second-order valence-electron chi connectivity index (χ2n) is 10.2. The van der Waals surface area contributed by atoms with E-state index in [1.807, 2.05) is 48.5 Å². The Morgan fingerprint density at radius 3 is 2.58 bits per heavy atom. The van der Waals surface area contributed by atoms with Gasteiger partial charge in [-0.2, -0.15) is 6.07 Å². The predicted molar refractivity (Wildman–Crippen MR) is 152 cm³/mol. The molecule has 1 aliphatic heterocycles. The average molecular weight is 701 g/mol. The number of para-hydroxylation sites is 1. The number of pyridine rings is 1. The number of aliphatic imine (C=N–C) groups is 1. The Morgan fingerprint density at radius 2 is 1.68 bits per heavy atom. The Morgan fingerprint density at radius 1 is 0.850 bits per heavy atom. The van der Waals surface area contributed by atoms with Crippen LogP contribution < -0.4 is 4.74 Å². The predicted octanol–water partition coefficient (Wildman–Crippen LogP) is 7.19. The van der Waals surface area contributed by atoms with E-state index in [-0.39, 0.29) is 27.1 Å². The number of hydrogen-bond donors (Lipinski definition) is 0. The van der Waals surface area contributed by atoms with E-state index in [9.17, 15) is 0 Å². The molecule has 6 aromatic rings. The molecule has 1 aliphatic carbocycles. The summed E-state index contributed by atoms with van der Waals surface area (Å²) < 4.78 is 14.9. The summed E-state index contributed by atoms with van der Waals surface area (Å²) in [4.78, 5) is 9.56. The molecule has 4 aromatic carbocycles. The van der Waals surface area contributed by atoms with Crippen LogP contribution in [-0.2, 0) is 37.8 Å². The maximum absolute atomic E-state index is 6.49. The monoisotopic (exact) mass is 700 g/mol. The standard InChI is InChI=1S/C34H23N3O2.Pt/c1-34-28-13-4-2-9-22(28)20-31(34)36-33(39-34)23-10-8-11-24(19-23)38-25-16-17-27-26-12-3-5-14-29(26)37(30(27)21-25)32-15-6-7-18-35-32;/h2-18,31H,20H2,1H3;/q-2;+2/t31-,34+;/m1./s1. The number of nitrogens with zero attached hydrogens (tertiary/aromatic N) is 3. The van der Waals surface area contributed by atoms with Crippen molar-refractivity contribution in [3.63, 3.8) is 0 Å². The zero-order valence-electron chi connectivity index (χ0n) is 21.6. The van der Waals surface area contributed by atoms with E-state index < -0.39 is 5.60 Å². The molecule has 0 radical (unpaired) electrons. The molecule has 3 heterocycles. The molecule has 0 unspecified atom stereocenters. The zero-order valence-corrected chi connectivity index (χ0v) is 23.8. The first-order chi connectivity index (χ1) is 19.2. The fourth-order valence-corrected chi connectivity index (χ4v) is 5.96. The van der Waals surface area contributed by atoms with E-state index in [2.05, 4.69) is 77.1 Å². The van der Waals surface area contributed by atoms with E-state index in [0.29, 0.717) is 17.4 Å². The average Bonchev–Trinajstić information content (AvgIpc) is 3.58. The Balaban J connectivity index is 0.00000264. The van der Waals surface area contributed by atoms with Gasteiger partial charge in [-0.25, -0.2) is 4.98 Å². The van der Waals surface area contributed by atoms with Gasteiger partial charge in [0.2, 0.25) is 0 Å². The summed E-state index contributed by atoms with van der Waals surface area (Å²) in [6, 6.07) is 39.4. The Bertz CT molecular complexity index is 1930. The summed E-state index contributed by atoms with van der Waals surface area (Å²) in [5.74, 6) is 2.63. The smallest absolute Gasteiger partial charge is 0.508 e. The van der Waals surface area contributed by atoms with Crippen LogP contribution in [0.3, 0.4) is 0 Å². The second-order valence-corrected chi connectivity index (χ2v) is 10.2. The normalized spacial score (nSPS) is 19.0. The van der Waals surface area contributed by atoms with Crippen molar-refractivity contribution in [3.05, 3.63) is 132 Å². The van der Waals surface area contributed by atoms with Crippen molar-refractivity contribution in [3.8, 4) is 17.3 Å². The van der Waals surface area contributed by atoms with Crippen LogP contribution in [-0.4, -0.2) is 21.5 Å². The van der Waals surface area contributed by atoms with Gasteiger partial charge in [0.1, 0.15) is 17.3 Å². The van der Waals surface area contributed by atoms with Crippen molar-refractivity contribution >= 4 is 27.7 Å². The van der Waals surface area contributed by atoms with Crippen LogP contribution in [0.4, 0.5) is 0 Å². The topological polar surface area (TPSA) is 48.6 Å². The molecule has 0 saturated carbocycles. The van der Waals surface area contributed by atoms with Gasteiger partial charge in [0.15, 0.2) is 0 Å². The van der Waals surface area contributed by atoms with Crippen LogP contribution in [0.15, 0.2) is 108 Å². The van der Waals surface area contributed by atoms with E-state index >= 15 is 0 Å². The number of aromatic nitrogens is 2. The van der Waals surface area contributed by atoms with Crippen LogP contribution in [0.1, 0.15) is 23.6 Å². The SMILES string of the molecule is C[C@@]12OC(c3[c-]c(Oc4[c-]c5c(cc4)c4ccccc4n5-c4ccccn4)ccc3)=N[C@@H]1Cc1ccccc12.[Pt+2]. The third-order valence-corrected chi connectivity index (χ3v) is 7.84. The number of rotatable bonds is 4. The molecular formula is C34H23N3O2Pt. The minimum Gasteiger partial charge on any atom is -0.508 e. The first kappa shape index (κ1) is 24.8. The Kier molecular flexibility index (Phi) is 5.87. The van der Waals surface area contributed by atoms with Gasteiger partial charge in [-0.3, -0.25) is 4.99 Å². The fourth-order valence-electron chi connectivity index (χ4n) is 5.96. The largest absolute Gasteiger partial charge is 2.00 e. The Hall–Kier alpha value is -4.21. The van der Waals surface area contributed by atoms with Crippen LogP contribution in [0.2, 0.25) is 0 Å². The van der Waals surface area contributed by atoms with Crippen LogP contribution >= 0.6 is 0 Å². The van der Waals surface area contributed by atoms with Crippen molar-refractivity contribution < 1.29 is 30.5 Å². The molecule has 196 valence electrons. The van der Waals surface area contributed by atoms with Crippen LogP contribution in [0.5, 0.6) is 11.5 Å². The van der Waals surface area contributed by atoms with Crippen molar-refractivity contribution in [1.82, 2.24) is 9.55 Å². The van der Waals surface area contributed by atoms with Gasteiger partial charge < -0.3 is 14.0 Å². The van der Waals surface area contributed by atoms with Gasteiger partial charge in [-0.15, -0.1) is 35.7 Å². The summed E-state index contributed by atoms with van der Waals surface area (Å²) in [5, 5.41) is 2.24. The minimum atomic E-state index is -0.450. The van der Waals surface area contributed by atoms with Crippen molar-refractivity contribution in [2.24, 2.45) is 4.99 Å². The summed E-state index contributed by atoms with van der Waals surface area (Å²) in [6.07, 6.45) is 2.68. The summed E-state index contributed by atoms with van der Waals surface area (Å²) in [5.41, 5.74) is 4.84. The molecule has 0 bridgehead atoms. The quantitative estimate of drug-likeness (QED) is 0.183. The van der Waals surface area contributed by atoms with Gasteiger partial charge in [0.05, 0.1) is 6.04 Å². The van der Waals surface area contributed by atoms with E-state index in [0.717, 1.165) is 39.6 Å². The summed E-state index contributed by atoms with van der Waals surface area (Å²) in [6.45, 7) is 2.13. The van der Waals surface area contributed by atoms with E-state index in [4.69, 9.17) is 14.5 Å². The third-order valence-electron chi connectivity index (χ3n) is 7.84. The number of ether oxygens (including phenoxy) is 2.